The van der Waals surface area contributed by atoms with Gasteiger partial charge in [-0.3, -0.25) is 4.90 Å². The van der Waals surface area contributed by atoms with E-state index in [9.17, 15) is 13.6 Å². The highest BCUT2D eigenvalue weighted by Crippen LogP contribution is 2.43. The van der Waals surface area contributed by atoms with Gasteiger partial charge in [0.2, 0.25) is 0 Å². The lowest BCUT2D eigenvalue weighted by molar-refractivity contribution is -0.131. The molecule has 0 bridgehead atoms. The minimum atomic E-state index is -1.65. The van der Waals surface area contributed by atoms with Crippen molar-refractivity contribution in [3.05, 3.63) is 76.2 Å². The molecular formula is C25H24F4N2O2. The zero-order valence-electron chi connectivity index (χ0n) is 18.4. The van der Waals surface area contributed by atoms with Crippen molar-refractivity contribution in [2.24, 2.45) is 0 Å². The third-order valence-corrected chi connectivity index (χ3v) is 5.93. The van der Waals surface area contributed by atoms with Crippen LogP contribution in [0.3, 0.4) is 0 Å². The number of hydrogen-bond acceptors (Lipinski definition) is 2. The Hall–Kier alpha value is -3.13. The Kier molecular flexibility index (Phi) is 5.82. The van der Waals surface area contributed by atoms with E-state index in [1.807, 2.05) is 6.92 Å². The van der Waals surface area contributed by atoms with E-state index in [4.69, 9.17) is 5.11 Å². The molecule has 1 aliphatic heterocycles. The van der Waals surface area contributed by atoms with E-state index in [-0.39, 0.29) is 23.7 Å². The van der Waals surface area contributed by atoms with Gasteiger partial charge < -0.3 is 10.1 Å². The summed E-state index contributed by atoms with van der Waals surface area (Å²) in [5, 5.41) is 9.16. The highest BCUT2D eigenvalue weighted by molar-refractivity contribution is 5.86. The number of rotatable bonds is 5. The number of aromatic amines is 1. The van der Waals surface area contributed by atoms with E-state index in [1.165, 1.54) is 19.9 Å². The molecule has 2 N–H and O–H groups in total. The maximum atomic E-state index is 15.4. The van der Waals surface area contributed by atoms with Crippen LogP contribution in [0.2, 0.25) is 0 Å². The first-order valence-electron chi connectivity index (χ1n) is 10.6. The van der Waals surface area contributed by atoms with Gasteiger partial charge in [0.15, 0.2) is 0 Å². The molecule has 4 nitrogen and oxygen atoms in total. The van der Waals surface area contributed by atoms with Gasteiger partial charge in [0.1, 0.15) is 23.1 Å². The zero-order valence-corrected chi connectivity index (χ0v) is 18.4. The third-order valence-electron chi connectivity index (χ3n) is 5.93. The number of halogens is 4. The minimum absolute atomic E-state index is 0.0419. The molecule has 0 fully saturated rings. The number of H-pyrrole nitrogens is 1. The molecular weight excluding hydrogens is 436 g/mol. The van der Waals surface area contributed by atoms with E-state index >= 15 is 8.78 Å². The number of alkyl halides is 1. The van der Waals surface area contributed by atoms with Crippen LogP contribution in [-0.2, 0) is 11.2 Å². The summed E-state index contributed by atoms with van der Waals surface area (Å²) in [7, 11) is 0. The summed E-state index contributed by atoms with van der Waals surface area (Å²) in [6.07, 6.45) is 2.26. The van der Waals surface area contributed by atoms with Gasteiger partial charge in [-0.1, -0.05) is 6.07 Å². The summed E-state index contributed by atoms with van der Waals surface area (Å²) >= 11 is 0. The summed E-state index contributed by atoms with van der Waals surface area (Å²) < 4.78 is 60.2. The van der Waals surface area contributed by atoms with Crippen LogP contribution in [0.15, 0.2) is 36.4 Å². The van der Waals surface area contributed by atoms with Crippen molar-refractivity contribution in [1.29, 1.82) is 0 Å². The Morgan fingerprint density at radius 1 is 1.21 bits per heavy atom. The monoisotopic (exact) mass is 460 g/mol. The zero-order chi connectivity index (χ0) is 24.1. The fraction of sp³-hybridized carbons (Fsp3) is 0.320. The molecule has 3 aromatic rings. The molecule has 1 aromatic heterocycles. The summed E-state index contributed by atoms with van der Waals surface area (Å²) in [6.45, 7) is 4.50. The van der Waals surface area contributed by atoms with Crippen LogP contribution >= 0.6 is 0 Å². The summed E-state index contributed by atoms with van der Waals surface area (Å²) in [5.74, 6) is -3.48. The molecule has 4 rings (SSSR count). The molecule has 2 heterocycles. The topological polar surface area (TPSA) is 56.3 Å². The van der Waals surface area contributed by atoms with E-state index in [1.54, 1.807) is 17.0 Å². The smallest absolute Gasteiger partial charge is 0.328 e. The molecule has 2 aromatic carbocycles. The molecule has 8 heteroatoms. The van der Waals surface area contributed by atoms with Gasteiger partial charge >= 0.3 is 5.97 Å². The number of nitrogens with zero attached hydrogens (tertiary/aromatic N) is 1. The van der Waals surface area contributed by atoms with Crippen molar-refractivity contribution in [3.63, 3.8) is 0 Å². The van der Waals surface area contributed by atoms with E-state index in [2.05, 4.69) is 4.98 Å². The standard InChI is InChI=1S/C25H24F4N2O2/c1-13-9-15-21-16(26)5-4-6-19(21)30-23(15)24(31(13)12-25(2,3)29)22-17(27)10-14(11-18(22)28)7-8-20(32)33/h4-8,10-11,13,24,30H,9,12H2,1-3H3,(H,32,33)/b8-7+/t13-,24-/m1/s1. The second-order valence-electron chi connectivity index (χ2n) is 9.10. The molecule has 2 atom stereocenters. The molecule has 33 heavy (non-hydrogen) atoms. The Labute approximate surface area is 188 Å². The van der Waals surface area contributed by atoms with E-state index in [0.717, 1.165) is 24.3 Å². The second-order valence-corrected chi connectivity index (χ2v) is 9.10. The first kappa shape index (κ1) is 23.0. The van der Waals surface area contributed by atoms with Gasteiger partial charge in [0.05, 0.1) is 6.04 Å². The molecule has 0 saturated carbocycles. The van der Waals surface area contributed by atoms with Crippen LogP contribution in [-0.4, -0.2) is 39.2 Å². The number of carboxylic acids is 1. The Balaban J connectivity index is 1.94. The molecule has 0 saturated heterocycles. The fourth-order valence-corrected chi connectivity index (χ4v) is 4.69. The van der Waals surface area contributed by atoms with Gasteiger partial charge in [-0.2, -0.15) is 0 Å². The van der Waals surface area contributed by atoms with Crippen molar-refractivity contribution in [1.82, 2.24) is 9.88 Å². The molecule has 0 amide bonds. The summed E-state index contributed by atoms with van der Waals surface area (Å²) in [6, 6.07) is 5.29. The van der Waals surface area contributed by atoms with Gasteiger partial charge in [-0.15, -0.1) is 0 Å². The summed E-state index contributed by atoms with van der Waals surface area (Å²) in [4.78, 5) is 15.6. The Morgan fingerprint density at radius 2 is 1.88 bits per heavy atom. The number of benzene rings is 2. The quantitative estimate of drug-likeness (QED) is 0.376. The third kappa shape index (κ3) is 4.39. The lowest BCUT2D eigenvalue weighted by atomic mass is 9.86. The van der Waals surface area contributed by atoms with Crippen LogP contribution in [0.25, 0.3) is 17.0 Å². The van der Waals surface area contributed by atoms with Gasteiger partial charge in [-0.25, -0.2) is 22.4 Å². The average molecular weight is 460 g/mol. The van der Waals surface area contributed by atoms with Gasteiger partial charge in [0, 0.05) is 40.8 Å². The molecule has 0 unspecified atom stereocenters. The van der Waals surface area contributed by atoms with Crippen molar-refractivity contribution >= 4 is 22.9 Å². The van der Waals surface area contributed by atoms with Crippen LogP contribution in [0.4, 0.5) is 17.6 Å². The lowest BCUT2D eigenvalue weighted by Gasteiger charge is -2.43. The molecule has 0 spiro atoms. The van der Waals surface area contributed by atoms with Gasteiger partial charge in [0.25, 0.3) is 0 Å². The largest absolute Gasteiger partial charge is 0.478 e. The number of aliphatic carboxylic acids is 1. The highest BCUT2D eigenvalue weighted by Gasteiger charge is 2.41. The summed E-state index contributed by atoms with van der Waals surface area (Å²) in [5.41, 5.74) is -0.378. The molecule has 1 aliphatic rings. The SMILES string of the molecule is C[C@@H]1Cc2c([nH]c3cccc(F)c23)[C@@H](c2c(F)cc(/C=C/C(=O)O)cc2F)N1CC(C)(C)F. The number of carbonyl (C=O) groups is 1. The number of fused-ring (bicyclic) bond motifs is 3. The number of carboxylic acid groups (broad SMARTS) is 1. The molecule has 0 radical (unpaired) electrons. The number of hydrogen-bond donors (Lipinski definition) is 2. The highest BCUT2D eigenvalue weighted by atomic mass is 19.1. The molecule has 0 aliphatic carbocycles. The maximum absolute atomic E-state index is 15.4. The van der Waals surface area contributed by atoms with Crippen LogP contribution in [0.5, 0.6) is 0 Å². The predicted molar refractivity (Wildman–Crippen MR) is 118 cm³/mol. The van der Waals surface area contributed by atoms with Crippen molar-refractivity contribution in [2.45, 2.75) is 44.9 Å². The first-order chi connectivity index (χ1) is 15.5. The second kappa shape index (κ2) is 8.33. The van der Waals surface area contributed by atoms with E-state index in [0.29, 0.717) is 28.6 Å². The Morgan fingerprint density at radius 3 is 2.48 bits per heavy atom. The van der Waals surface area contributed by atoms with Crippen molar-refractivity contribution < 1.29 is 27.5 Å². The van der Waals surface area contributed by atoms with E-state index < -0.39 is 35.1 Å². The minimum Gasteiger partial charge on any atom is -0.478 e. The van der Waals surface area contributed by atoms with Crippen LogP contribution in [0, 0.1) is 17.5 Å². The Bertz CT molecular complexity index is 1240. The predicted octanol–water partition coefficient (Wildman–Crippen LogP) is 5.77. The number of nitrogens with one attached hydrogen (secondary N) is 1. The van der Waals surface area contributed by atoms with Gasteiger partial charge in [-0.05, 0) is 68.7 Å². The first-order valence-corrected chi connectivity index (χ1v) is 10.6. The maximum Gasteiger partial charge on any atom is 0.328 e. The van der Waals surface area contributed by atoms with Crippen LogP contribution < -0.4 is 0 Å². The van der Waals surface area contributed by atoms with Crippen LogP contribution in [0.1, 0.15) is 49.2 Å². The van der Waals surface area contributed by atoms with Crippen molar-refractivity contribution in [3.8, 4) is 0 Å². The normalized spacial score (nSPS) is 19.4. The number of aromatic nitrogens is 1. The fourth-order valence-electron chi connectivity index (χ4n) is 4.69. The van der Waals surface area contributed by atoms with Crippen molar-refractivity contribution in [2.75, 3.05) is 6.54 Å². The molecule has 174 valence electrons. The average Bonchev–Trinajstić information content (AvgIpc) is 3.06. The lowest BCUT2D eigenvalue weighted by Crippen LogP contribution is -2.48.